The number of hydrogen-bond acceptors (Lipinski definition) is 4. The minimum atomic E-state index is 0.0867. The van der Waals surface area contributed by atoms with Crippen LogP contribution in [-0.4, -0.2) is 42.3 Å². The summed E-state index contributed by atoms with van der Waals surface area (Å²) in [7, 11) is 2.35. The third-order valence-corrected chi connectivity index (χ3v) is 8.80. The van der Waals surface area contributed by atoms with E-state index in [4.69, 9.17) is 0 Å². The summed E-state index contributed by atoms with van der Waals surface area (Å²) in [5.41, 5.74) is 8.91. The number of fused-ring (bicyclic) bond motifs is 2. The maximum absolute atomic E-state index is 3.96. The number of hydrogen-bond donors (Lipinski definition) is 2. The van der Waals surface area contributed by atoms with Crippen LogP contribution in [0.15, 0.2) is 54.1 Å². The molecule has 2 bridgehead atoms. The second-order valence-corrected chi connectivity index (χ2v) is 10.3. The zero-order chi connectivity index (χ0) is 20.3. The fourth-order valence-corrected chi connectivity index (χ4v) is 8.03. The molecule has 8 rings (SSSR count). The number of anilines is 2. The predicted octanol–water partition coefficient (Wildman–Crippen LogP) is 4.43. The van der Waals surface area contributed by atoms with Crippen LogP contribution in [-0.2, 0) is 10.8 Å². The molecule has 2 spiro atoms. The molecule has 6 aliphatic rings. The van der Waals surface area contributed by atoms with Crippen molar-refractivity contribution in [2.24, 2.45) is 0 Å². The van der Waals surface area contributed by atoms with Crippen LogP contribution < -0.4 is 10.6 Å². The summed E-state index contributed by atoms with van der Waals surface area (Å²) in [6, 6.07) is 16.4. The van der Waals surface area contributed by atoms with Crippen LogP contribution in [0.1, 0.15) is 49.4 Å². The number of likely N-dealkylation sites (tertiary alicyclic amines) is 1. The summed E-state index contributed by atoms with van der Waals surface area (Å²) >= 11 is 0. The Kier molecular flexibility index (Phi) is 3.18. The Morgan fingerprint density at radius 1 is 0.967 bits per heavy atom. The molecular weight excluding hydrogens is 368 g/mol. The lowest BCUT2D eigenvalue weighted by Crippen LogP contribution is -2.71. The normalized spacial score (nSPS) is 39.3. The van der Waals surface area contributed by atoms with E-state index in [0.717, 1.165) is 13.1 Å². The average molecular weight is 399 g/mol. The van der Waals surface area contributed by atoms with Gasteiger partial charge < -0.3 is 10.6 Å². The Morgan fingerprint density at radius 3 is 2.60 bits per heavy atom. The van der Waals surface area contributed by atoms with E-state index in [1.807, 2.05) is 0 Å². The van der Waals surface area contributed by atoms with Crippen LogP contribution in [0.2, 0.25) is 0 Å². The van der Waals surface area contributed by atoms with Crippen molar-refractivity contribution >= 4 is 11.4 Å². The second-order valence-electron chi connectivity index (χ2n) is 10.3. The van der Waals surface area contributed by atoms with E-state index < -0.39 is 0 Å². The summed E-state index contributed by atoms with van der Waals surface area (Å²) in [6.07, 6.45) is 5.60. The molecule has 0 aromatic heterocycles. The van der Waals surface area contributed by atoms with Gasteiger partial charge in [0.25, 0.3) is 0 Å². The zero-order valence-corrected chi connectivity index (χ0v) is 18.1. The van der Waals surface area contributed by atoms with E-state index >= 15 is 0 Å². The number of rotatable bonds is 1. The highest BCUT2D eigenvalue weighted by Crippen LogP contribution is 2.69. The third-order valence-electron chi connectivity index (χ3n) is 8.80. The number of para-hydroxylation sites is 1. The summed E-state index contributed by atoms with van der Waals surface area (Å²) in [5.74, 6) is 0. The third kappa shape index (κ3) is 1.71. The standard InChI is InChI=1S/C26H30N4/c1-16(2)15-21-17-7-6-10-20-22(17)26-12-14-30(21)24-25(26,11-13-29(24)3)18-8-4-5-9-19(18)27-23(26)28-20/h4-10,15,21,23-24,27-28H,11-14H2,1-3H3/t21-,23-,24-,25+,26+/m1/s1. The van der Waals surface area contributed by atoms with Gasteiger partial charge in [0.1, 0.15) is 6.17 Å². The number of allylic oxidation sites excluding steroid dienone is 1. The van der Waals surface area contributed by atoms with E-state index in [9.17, 15) is 0 Å². The minimum Gasteiger partial charge on any atom is -0.364 e. The molecular formula is C26H30N4. The van der Waals surface area contributed by atoms with Crippen molar-refractivity contribution in [1.82, 2.24) is 9.80 Å². The van der Waals surface area contributed by atoms with Crippen molar-refractivity contribution in [2.75, 3.05) is 30.8 Å². The number of piperidine rings is 1. The molecule has 4 nitrogen and oxygen atoms in total. The quantitative estimate of drug-likeness (QED) is 0.696. The van der Waals surface area contributed by atoms with Crippen LogP contribution in [0.3, 0.4) is 0 Å². The highest BCUT2D eigenvalue weighted by molar-refractivity contribution is 5.76. The van der Waals surface area contributed by atoms with Crippen LogP contribution in [0.4, 0.5) is 11.4 Å². The van der Waals surface area contributed by atoms with E-state index in [1.165, 1.54) is 40.9 Å². The van der Waals surface area contributed by atoms with E-state index in [1.54, 1.807) is 5.56 Å². The number of nitrogens with one attached hydrogen (secondary N) is 2. The zero-order valence-electron chi connectivity index (χ0n) is 18.1. The molecule has 1 unspecified atom stereocenters. The monoisotopic (exact) mass is 398 g/mol. The lowest BCUT2D eigenvalue weighted by molar-refractivity contribution is -0.0443. The molecule has 0 aliphatic carbocycles. The van der Waals surface area contributed by atoms with Gasteiger partial charge in [0, 0.05) is 29.9 Å². The fraction of sp³-hybridized carbons (Fsp3) is 0.462. The van der Waals surface area contributed by atoms with Crippen LogP contribution >= 0.6 is 0 Å². The Balaban J connectivity index is 1.64. The smallest absolute Gasteiger partial charge is 0.107 e. The van der Waals surface area contributed by atoms with Gasteiger partial charge in [-0.2, -0.15) is 0 Å². The van der Waals surface area contributed by atoms with Gasteiger partial charge in [-0.3, -0.25) is 9.80 Å². The molecule has 2 aromatic rings. The van der Waals surface area contributed by atoms with Gasteiger partial charge in [-0.1, -0.05) is 42.0 Å². The van der Waals surface area contributed by atoms with E-state index in [-0.39, 0.29) is 17.0 Å². The van der Waals surface area contributed by atoms with Crippen molar-refractivity contribution in [3.05, 3.63) is 70.8 Å². The summed E-state index contributed by atoms with van der Waals surface area (Å²) < 4.78 is 0. The maximum atomic E-state index is 3.96. The number of nitrogens with zero attached hydrogens (tertiary/aromatic N) is 2. The molecule has 0 radical (unpaired) electrons. The first-order chi connectivity index (χ1) is 14.6. The largest absolute Gasteiger partial charge is 0.364 e. The molecule has 0 saturated carbocycles. The molecule has 154 valence electrons. The van der Waals surface area contributed by atoms with E-state index in [2.05, 4.69) is 89.9 Å². The first-order valence-corrected chi connectivity index (χ1v) is 11.4. The van der Waals surface area contributed by atoms with Crippen molar-refractivity contribution in [3.63, 3.8) is 0 Å². The topological polar surface area (TPSA) is 30.5 Å². The average Bonchev–Trinajstić information content (AvgIpc) is 3.19. The van der Waals surface area contributed by atoms with E-state index in [0.29, 0.717) is 12.2 Å². The lowest BCUT2D eigenvalue weighted by atomic mass is 9.50. The SMILES string of the molecule is CC(C)=C[C@@H]1c2cccc3c2[C@]24CCN1[C@H]1N(C)CC[C@]12c1ccccc1N[C@@H]4N3. The molecule has 4 heteroatoms. The van der Waals surface area contributed by atoms with Crippen molar-refractivity contribution in [3.8, 4) is 0 Å². The van der Waals surface area contributed by atoms with Crippen molar-refractivity contribution in [1.29, 1.82) is 0 Å². The fourth-order valence-electron chi connectivity index (χ4n) is 8.03. The molecule has 6 heterocycles. The first kappa shape index (κ1) is 17.4. The van der Waals surface area contributed by atoms with Gasteiger partial charge >= 0.3 is 0 Å². The summed E-state index contributed by atoms with van der Waals surface area (Å²) in [5, 5.41) is 7.92. The van der Waals surface area contributed by atoms with Gasteiger partial charge in [0.05, 0.1) is 17.6 Å². The summed E-state index contributed by atoms with van der Waals surface area (Å²) in [6.45, 7) is 6.79. The second kappa shape index (κ2) is 5.49. The Labute approximate surface area is 178 Å². The molecule has 2 aromatic carbocycles. The van der Waals surface area contributed by atoms with Gasteiger partial charge in [0.2, 0.25) is 0 Å². The summed E-state index contributed by atoms with van der Waals surface area (Å²) in [4.78, 5) is 5.48. The van der Waals surface area contributed by atoms with Crippen LogP contribution in [0.5, 0.6) is 0 Å². The van der Waals surface area contributed by atoms with Crippen LogP contribution in [0.25, 0.3) is 0 Å². The predicted molar refractivity (Wildman–Crippen MR) is 122 cm³/mol. The lowest BCUT2D eigenvalue weighted by Gasteiger charge is -2.61. The molecule has 2 fully saturated rings. The van der Waals surface area contributed by atoms with Crippen molar-refractivity contribution in [2.45, 2.75) is 55.9 Å². The number of likely N-dealkylation sites (N-methyl/N-ethyl adjacent to an activating group) is 1. The van der Waals surface area contributed by atoms with Crippen LogP contribution in [0, 0.1) is 0 Å². The Hall–Kier alpha value is -2.30. The number of benzene rings is 2. The maximum Gasteiger partial charge on any atom is 0.107 e. The highest BCUT2D eigenvalue weighted by atomic mass is 15.4. The van der Waals surface area contributed by atoms with Gasteiger partial charge in [-0.25, -0.2) is 0 Å². The molecule has 6 aliphatic heterocycles. The van der Waals surface area contributed by atoms with Gasteiger partial charge in [-0.15, -0.1) is 0 Å². The van der Waals surface area contributed by atoms with Gasteiger partial charge in [0.15, 0.2) is 0 Å². The Bertz CT molecular complexity index is 1100. The molecule has 2 saturated heterocycles. The first-order valence-electron chi connectivity index (χ1n) is 11.4. The van der Waals surface area contributed by atoms with Crippen molar-refractivity contribution < 1.29 is 0 Å². The molecule has 30 heavy (non-hydrogen) atoms. The molecule has 2 N–H and O–H groups in total. The minimum absolute atomic E-state index is 0.0867. The highest BCUT2D eigenvalue weighted by Gasteiger charge is 2.73. The Morgan fingerprint density at radius 2 is 1.73 bits per heavy atom. The molecule has 0 amide bonds. The molecule has 6 atom stereocenters. The van der Waals surface area contributed by atoms with Gasteiger partial charge in [-0.05, 0) is 62.6 Å².